The molecular formula is C12H20B2O2. The average Bonchev–Trinajstić information content (AvgIpc) is 2.09. The molecule has 0 spiro atoms. The summed E-state index contributed by atoms with van der Waals surface area (Å²) in [6.45, 7) is 10.7. The van der Waals surface area contributed by atoms with E-state index in [2.05, 4.69) is 20.8 Å². The maximum absolute atomic E-state index is 9.15. The van der Waals surface area contributed by atoms with Gasteiger partial charge in [0.2, 0.25) is 0 Å². The molecule has 2 N–H and O–H groups in total. The lowest BCUT2D eigenvalue weighted by molar-refractivity contribution is 0.425. The average molecular weight is 218 g/mol. The van der Waals surface area contributed by atoms with Crippen molar-refractivity contribution in [2.24, 2.45) is 0 Å². The first-order valence-electron chi connectivity index (χ1n) is 5.67. The van der Waals surface area contributed by atoms with Crippen LogP contribution in [0.3, 0.4) is 0 Å². The summed E-state index contributed by atoms with van der Waals surface area (Å²) in [5.74, 6) is 0. The van der Waals surface area contributed by atoms with Gasteiger partial charge in [-0.2, -0.15) is 0 Å². The van der Waals surface area contributed by atoms with Gasteiger partial charge in [-0.3, -0.25) is 0 Å². The highest BCUT2D eigenvalue weighted by molar-refractivity contribution is 6.60. The second-order valence-electron chi connectivity index (χ2n) is 5.74. The molecule has 1 aromatic carbocycles. The van der Waals surface area contributed by atoms with Crippen molar-refractivity contribution in [2.45, 2.75) is 39.9 Å². The molecule has 0 aromatic heterocycles. The molecule has 0 radical (unpaired) electrons. The highest BCUT2D eigenvalue weighted by Gasteiger charge is 2.19. The zero-order valence-corrected chi connectivity index (χ0v) is 10.8. The first-order valence-corrected chi connectivity index (χ1v) is 5.67. The number of benzene rings is 1. The topological polar surface area (TPSA) is 40.5 Å². The summed E-state index contributed by atoms with van der Waals surface area (Å²) in [7, 11) is -0.368. The fourth-order valence-corrected chi connectivity index (χ4v) is 1.99. The molecule has 1 aromatic rings. The van der Waals surface area contributed by atoms with E-state index in [-0.39, 0.29) is 5.31 Å². The number of rotatable bonds is 2. The third-order valence-corrected chi connectivity index (χ3v) is 2.72. The van der Waals surface area contributed by atoms with E-state index in [0.29, 0.717) is 5.46 Å². The molecular weight excluding hydrogens is 198 g/mol. The van der Waals surface area contributed by atoms with Crippen LogP contribution in [0.2, 0.25) is 5.31 Å². The van der Waals surface area contributed by atoms with Crippen molar-refractivity contribution in [3.8, 4) is 0 Å². The summed E-state index contributed by atoms with van der Waals surface area (Å²) in [5.41, 5.74) is 4.17. The van der Waals surface area contributed by atoms with Crippen molar-refractivity contribution < 1.29 is 10.0 Å². The highest BCUT2D eigenvalue weighted by Crippen LogP contribution is 2.20. The van der Waals surface area contributed by atoms with Gasteiger partial charge in [0.15, 0.2) is 7.28 Å². The van der Waals surface area contributed by atoms with E-state index in [1.807, 2.05) is 26.0 Å². The lowest BCUT2D eigenvalue weighted by atomic mass is 9.49. The zero-order valence-electron chi connectivity index (χ0n) is 10.8. The molecule has 1 rings (SSSR count). The maximum atomic E-state index is 9.15. The van der Waals surface area contributed by atoms with E-state index < -0.39 is 7.12 Å². The van der Waals surface area contributed by atoms with E-state index in [4.69, 9.17) is 10.0 Å². The van der Waals surface area contributed by atoms with E-state index in [1.54, 1.807) is 0 Å². The largest absolute Gasteiger partial charge is 0.488 e. The molecule has 0 aliphatic heterocycles. The molecule has 0 atom stereocenters. The first-order chi connectivity index (χ1) is 7.20. The molecule has 2 nitrogen and oxygen atoms in total. The fourth-order valence-electron chi connectivity index (χ4n) is 1.99. The molecule has 16 heavy (non-hydrogen) atoms. The second kappa shape index (κ2) is 4.64. The van der Waals surface area contributed by atoms with Crippen LogP contribution in [0.1, 0.15) is 31.9 Å². The third-order valence-electron chi connectivity index (χ3n) is 2.72. The SMILES string of the molecule is Cc1cc(B(O)O)cc(C)c1BC(C)(C)C. The van der Waals surface area contributed by atoms with Crippen molar-refractivity contribution >= 4 is 25.3 Å². The van der Waals surface area contributed by atoms with Crippen LogP contribution < -0.4 is 10.9 Å². The number of aryl methyl sites for hydroxylation is 2. The lowest BCUT2D eigenvalue weighted by Crippen LogP contribution is -2.35. The van der Waals surface area contributed by atoms with E-state index in [0.717, 1.165) is 18.4 Å². The summed E-state index contributed by atoms with van der Waals surface area (Å²) >= 11 is 0. The summed E-state index contributed by atoms with van der Waals surface area (Å²) in [6.07, 6.45) is 0. The molecule has 0 aliphatic carbocycles. The molecule has 4 heteroatoms. The van der Waals surface area contributed by atoms with Crippen molar-refractivity contribution in [3.63, 3.8) is 0 Å². The molecule has 0 aliphatic rings. The van der Waals surface area contributed by atoms with E-state index in [1.165, 1.54) is 5.46 Å². The molecule has 0 saturated carbocycles. The molecule has 0 amide bonds. The fraction of sp³-hybridized carbons (Fsp3) is 0.500. The normalized spacial score (nSPS) is 11.4. The van der Waals surface area contributed by atoms with Gasteiger partial charge in [-0.1, -0.05) is 54.8 Å². The second-order valence-corrected chi connectivity index (χ2v) is 5.74. The first kappa shape index (κ1) is 13.3. The van der Waals surface area contributed by atoms with Crippen LogP contribution >= 0.6 is 0 Å². The molecule has 0 fully saturated rings. The molecule has 0 saturated heterocycles. The van der Waals surface area contributed by atoms with Crippen molar-refractivity contribution in [3.05, 3.63) is 23.3 Å². The lowest BCUT2D eigenvalue weighted by Gasteiger charge is -2.20. The van der Waals surface area contributed by atoms with Crippen LogP contribution in [-0.4, -0.2) is 24.4 Å². The summed E-state index contributed by atoms with van der Waals surface area (Å²) in [4.78, 5) is 0. The zero-order chi connectivity index (χ0) is 12.5. The van der Waals surface area contributed by atoms with Crippen LogP contribution in [-0.2, 0) is 0 Å². The van der Waals surface area contributed by atoms with Gasteiger partial charge < -0.3 is 10.0 Å². The Morgan fingerprint density at radius 1 is 1.06 bits per heavy atom. The molecule has 0 bridgehead atoms. The van der Waals surface area contributed by atoms with Gasteiger partial charge in [0, 0.05) is 0 Å². The molecule has 0 unspecified atom stereocenters. The monoisotopic (exact) mass is 218 g/mol. The van der Waals surface area contributed by atoms with Crippen LogP contribution in [0.4, 0.5) is 0 Å². The van der Waals surface area contributed by atoms with Gasteiger partial charge in [0.1, 0.15) is 0 Å². The van der Waals surface area contributed by atoms with Crippen LogP contribution in [0.5, 0.6) is 0 Å². The van der Waals surface area contributed by atoms with Gasteiger partial charge in [0.25, 0.3) is 0 Å². The maximum Gasteiger partial charge on any atom is 0.488 e. The Morgan fingerprint density at radius 2 is 1.50 bits per heavy atom. The quantitative estimate of drug-likeness (QED) is 0.699. The van der Waals surface area contributed by atoms with Crippen molar-refractivity contribution in [1.29, 1.82) is 0 Å². The minimum atomic E-state index is -1.37. The molecule has 0 heterocycles. The van der Waals surface area contributed by atoms with Crippen molar-refractivity contribution in [1.82, 2.24) is 0 Å². The minimum absolute atomic E-state index is 0.245. The Balaban J connectivity index is 3.13. The predicted octanol–water partition coefficient (Wildman–Crippen LogP) is 0.263. The van der Waals surface area contributed by atoms with Crippen LogP contribution in [0, 0.1) is 13.8 Å². The summed E-state index contributed by atoms with van der Waals surface area (Å²) in [6, 6.07) is 3.72. The van der Waals surface area contributed by atoms with Gasteiger partial charge in [0.05, 0.1) is 0 Å². The Morgan fingerprint density at radius 3 is 1.81 bits per heavy atom. The summed E-state index contributed by atoms with van der Waals surface area (Å²) in [5, 5.41) is 18.5. The van der Waals surface area contributed by atoms with Crippen molar-refractivity contribution in [2.75, 3.05) is 0 Å². The number of hydrogen-bond acceptors (Lipinski definition) is 2. The highest BCUT2D eigenvalue weighted by atomic mass is 16.4. The van der Waals surface area contributed by atoms with E-state index in [9.17, 15) is 0 Å². The van der Waals surface area contributed by atoms with Crippen LogP contribution in [0.15, 0.2) is 12.1 Å². The minimum Gasteiger partial charge on any atom is -0.423 e. The standard InChI is InChI=1S/C12H20B2O2/c1-8-6-10(14(15)16)7-9(2)11(8)13-12(3,4)5/h6-7,13,15-16H,1-5H3. The predicted molar refractivity (Wildman–Crippen MR) is 72.2 cm³/mol. The smallest absolute Gasteiger partial charge is 0.423 e. The van der Waals surface area contributed by atoms with E-state index >= 15 is 0 Å². The van der Waals surface area contributed by atoms with Gasteiger partial charge >= 0.3 is 7.12 Å². The Kier molecular flexibility index (Phi) is 3.87. The molecule has 86 valence electrons. The summed E-state index contributed by atoms with van der Waals surface area (Å²) < 4.78 is 0. The third kappa shape index (κ3) is 3.39. The Hall–Kier alpha value is -0.730. The number of hydrogen-bond donors (Lipinski definition) is 2. The Labute approximate surface area is 99.1 Å². The van der Waals surface area contributed by atoms with Gasteiger partial charge in [-0.15, -0.1) is 0 Å². The Bertz CT molecular complexity index is 358. The van der Waals surface area contributed by atoms with Gasteiger partial charge in [-0.25, -0.2) is 0 Å². The van der Waals surface area contributed by atoms with Gasteiger partial charge in [-0.05, 0) is 19.3 Å². The van der Waals surface area contributed by atoms with Crippen LogP contribution in [0.25, 0.3) is 0 Å².